The molecular weight excluding hydrogens is 385 g/mol. The zero-order chi connectivity index (χ0) is 13.9. The standard InChI is InChI=1S/C14H18IN3OS/c1-2-19-9-11-8-18(6-5-16-11)14-17-12-4-3-10(15)7-13(12)20-14/h3-4,7,11,16H,2,5-6,8-9H2,1H3/t11-/m1/s1. The molecule has 0 unspecified atom stereocenters. The lowest BCUT2D eigenvalue weighted by Gasteiger charge is -2.33. The lowest BCUT2D eigenvalue weighted by atomic mass is 10.2. The van der Waals surface area contributed by atoms with Gasteiger partial charge in [0.1, 0.15) is 0 Å². The summed E-state index contributed by atoms with van der Waals surface area (Å²) in [6.07, 6.45) is 0. The van der Waals surface area contributed by atoms with Gasteiger partial charge < -0.3 is 15.0 Å². The Morgan fingerprint density at radius 3 is 3.30 bits per heavy atom. The molecule has 1 saturated heterocycles. The van der Waals surface area contributed by atoms with Crippen molar-refractivity contribution in [2.45, 2.75) is 13.0 Å². The van der Waals surface area contributed by atoms with Gasteiger partial charge in [-0.3, -0.25) is 0 Å². The third kappa shape index (κ3) is 3.24. The molecule has 1 aliphatic heterocycles. The Hall–Kier alpha value is -0.440. The first-order valence-corrected chi connectivity index (χ1v) is 8.78. The zero-order valence-electron chi connectivity index (χ0n) is 11.4. The van der Waals surface area contributed by atoms with Crippen molar-refractivity contribution in [2.75, 3.05) is 37.7 Å². The predicted molar refractivity (Wildman–Crippen MR) is 92.8 cm³/mol. The summed E-state index contributed by atoms with van der Waals surface area (Å²) in [7, 11) is 0. The number of hydrogen-bond acceptors (Lipinski definition) is 5. The van der Waals surface area contributed by atoms with Gasteiger partial charge in [-0.2, -0.15) is 0 Å². The molecule has 1 N–H and O–H groups in total. The molecule has 0 aliphatic carbocycles. The minimum absolute atomic E-state index is 0.399. The Labute approximate surface area is 136 Å². The molecule has 2 heterocycles. The minimum atomic E-state index is 0.399. The maximum atomic E-state index is 5.52. The van der Waals surface area contributed by atoms with Crippen LogP contribution in [0.15, 0.2) is 18.2 Å². The number of anilines is 1. The van der Waals surface area contributed by atoms with E-state index in [-0.39, 0.29) is 0 Å². The zero-order valence-corrected chi connectivity index (χ0v) is 14.4. The van der Waals surface area contributed by atoms with E-state index in [9.17, 15) is 0 Å². The third-order valence-corrected chi connectivity index (χ3v) is 5.14. The molecule has 108 valence electrons. The van der Waals surface area contributed by atoms with Gasteiger partial charge in [0, 0.05) is 35.9 Å². The van der Waals surface area contributed by atoms with Crippen LogP contribution in [0.25, 0.3) is 10.2 Å². The monoisotopic (exact) mass is 403 g/mol. The average Bonchev–Trinajstić information content (AvgIpc) is 2.88. The highest BCUT2D eigenvalue weighted by molar-refractivity contribution is 14.1. The number of ether oxygens (including phenoxy) is 1. The first kappa shape index (κ1) is 14.5. The molecule has 0 amide bonds. The van der Waals surface area contributed by atoms with Crippen molar-refractivity contribution in [3.05, 3.63) is 21.8 Å². The van der Waals surface area contributed by atoms with Crippen LogP contribution in [-0.4, -0.2) is 43.9 Å². The predicted octanol–water partition coefficient (Wildman–Crippen LogP) is 2.72. The number of hydrogen-bond donors (Lipinski definition) is 1. The van der Waals surface area contributed by atoms with Gasteiger partial charge in [-0.25, -0.2) is 4.98 Å². The van der Waals surface area contributed by atoms with E-state index in [1.807, 2.05) is 6.92 Å². The maximum absolute atomic E-state index is 5.52. The number of thiazole rings is 1. The van der Waals surface area contributed by atoms with E-state index in [0.717, 1.165) is 43.5 Å². The van der Waals surface area contributed by atoms with E-state index < -0.39 is 0 Å². The van der Waals surface area contributed by atoms with Crippen LogP contribution >= 0.6 is 33.9 Å². The summed E-state index contributed by atoms with van der Waals surface area (Å²) in [5, 5.41) is 4.64. The normalized spacial score (nSPS) is 19.7. The fraction of sp³-hybridized carbons (Fsp3) is 0.500. The highest BCUT2D eigenvalue weighted by atomic mass is 127. The summed E-state index contributed by atoms with van der Waals surface area (Å²) in [6, 6.07) is 6.83. The molecule has 1 aliphatic rings. The number of piperazine rings is 1. The molecule has 1 fully saturated rings. The van der Waals surface area contributed by atoms with E-state index in [4.69, 9.17) is 9.72 Å². The average molecular weight is 403 g/mol. The van der Waals surface area contributed by atoms with Crippen molar-refractivity contribution in [2.24, 2.45) is 0 Å². The first-order valence-electron chi connectivity index (χ1n) is 6.88. The van der Waals surface area contributed by atoms with Gasteiger partial charge in [0.05, 0.1) is 16.8 Å². The number of rotatable bonds is 4. The van der Waals surface area contributed by atoms with E-state index in [0.29, 0.717) is 6.04 Å². The molecule has 0 saturated carbocycles. The maximum Gasteiger partial charge on any atom is 0.186 e. The van der Waals surface area contributed by atoms with Crippen molar-refractivity contribution < 1.29 is 4.74 Å². The minimum Gasteiger partial charge on any atom is -0.380 e. The van der Waals surface area contributed by atoms with Crippen LogP contribution in [0.1, 0.15) is 6.92 Å². The molecule has 2 aromatic rings. The Kier molecular flexibility index (Phi) is 4.75. The van der Waals surface area contributed by atoms with Gasteiger partial charge in [0.2, 0.25) is 0 Å². The molecule has 0 bridgehead atoms. The molecule has 0 spiro atoms. The summed E-state index contributed by atoms with van der Waals surface area (Å²) in [6.45, 7) is 6.56. The fourth-order valence-corrected chi connectivity index (χ4v) is 4.13. The second-order valence-electron chi connectivity index (χ2n) is 4.87. The van der Waals surface area contributed by atoms with E-state index >= 15 is 0 Å². The van der Waals surface area contributed by atoms with Crippen LogP contribution in [0.2, 0.25) is 0 Å². The number of nitrogens with one attached hydrogen (secondary N) is 1. The lowest BCUT2D eigenvalue weighted by Crippen LogP contribution is -2.52. The van der Waals surface area contributed by atoms with Gasteiger partial charge in [0.15, 0.2) is 5.13 Å². The van der Waals surface area contributed by atoms with Crippen LogP contribution < -0.4 is 10.2 Å². The Morgan fingerprint density at radius 1 is 1.55 bits per heavy atom. The Balaban J connectivity index is 1.76. The van der Waals surface area contributed by atoms with Crippen LogP contribution in [0, 0.1) is 3.57 Å². The summed E-state index contributed by atoms with van der Waals surface area (Å²) in [4.78, 5) is 7.14. The quantitative estimate of drug-likeness (QED) is 0.797. The summed E-state index contributed by atoms with van der Waals surface area (Å²) < 4.78 is 8.06. The van der Waals surface area contributed by atoms with Gasteiger partial charge in [0.25, 0.3) is 0 Å². The second kappa shape index (κ2) is 6.55. The molecule has 0 radical (unpaired) electrons. The largest absolute Gasteiger partial charge is 0.380 e. The molecule has 20 heavy (non-hydrogen) atoms. The van der Waals surface area contributed by atoms with Crippen molar-refractivity contribution in [1.29, 1.82) is 0 Å². The van der Waals surface area contributed by atoms with Gasteiger partial charge in [-0.05, 0) is 47.7 Å². The van der Waals surface area contributed by atoms with Crippen LogP contribution in [0.4, 0.5) is 5.13 Å². The Morgan fingerprint density at radius 2 is 2.45 bits per heavy atom. The van der Waals surface area contributed by atoms with Crippen LogP contribution in [0.3, 0.4) is 0 Å². The number of halogens is 1. The lowest BCUT2D eigenvalue weighted by molar-refractivity contribution is 0.121. The second-order valence-corrected chi connectivity index (χ2v) is 7.12. The van der Waals surface area contributed by atoms with Gasteiger partial charge >= 0.3 is 0 Å². The number of fused-ring (bicyclic) bond motifs is 1. The molecule has 6 heteroatoms. The Bertz CT molecular complexity index is 589. The van der Waals surface area contributed by atoms with Gasteiger partial charge in [-0.1, -0.05) is 11.3 Å². The first-order chi connectivity index (χ1) is 9.76. The fourth-order valence-electron chi connectivity index (χ4n) is 2.39. The molecule has 4 nitrogen and oxygen atoms in total. The van der Waals surface area contributed by atoms with Crippen molar-refractivity contribution in [3.8, 4) is 0 Å². The molecule has 1 aromatic heterocycles. The van der Waals surface area contributed by atoms with Crippen molar-refractivity contribution in [3.63, 3.8) is 0 Å². The molecule has 1 aromatic carbocycles. The van der Waals surface area contributed by atoms with Gasteiger partial charge in [-0.15, -0.1) is 0 Å². The smallest absolute Gasteiger partial charge is 0.186 e. The SMILES string of the molecule is CCOC[C@H]1CN(c2nc3ccc(I)cc3s2)CCN1. The molecule has 1 atom stereocenters. The number of benzene rings is 1. The number of aromatic nitrogens is 1. The van der Waals surface area contributed by atoms with E-state index in [1.165, 1.54) is 8.27 Å². The highest BCUT2D eigenvalue weighted by Gasteiger charge is 2.21. The van der Waals surface area contributed by atoms with Crippen molar-refractivity contribution >= 4 is 49.3 Å². The highest BCUT2D eigenvalue weighted by Crippen LogP contribution is 2.30. The van der Waals surface area contributed by atoms with Crippen LogP contribution in [-0.2, 0) is 4.74 Å². The van der Waals surface area contributed by atoms with E-state index in [1.54, 1.807) is 11.3 Å². The summed E-state index contributed by atoms with van der Waals surface area (Å²) in [5.41, 5.74) is 1.10. The van der Waals surface area contributed by atoms with E-state index in [2.05, 4.69) is 51.0 Å². The summed E-state index contributed by atoms with van der Waals surface area (Å²) in [5.74, 6) is 0. The topological polar surface area (TPSA) is 37.4 Å². The molecule has 3 rings (SSSR count). The molecular formula is C14H18IN3OS. The summed E-state index contributed by atoms with van der Waals surface area (Å²) >= 11 is 4.13. The van der Waals surface area contributed by atoms with Crippen LogP contribution in [0.5, 0.6) is 0 Å². The third-order valence-electron chi connectivity index (χ3n) is 3.39. The number of nitrogens with zero attached hydrogens (tertiary/aromatic N) is 2. The van der Waals surface area contributed by atoms with Crippen molar-refractivity contribution in [1.82, 2.24) is 10.3 Å².